The Labute approximate surface area is 135 Å². The Kier molecular flexibility index (Phi) is 4.66. The SMILES string of the molecule is Cn1cc(C[C@H]2[C@@H](O)CCN2C(=O)CCc2cncnc2)cn1. The van der Waals surface area contributed by atoms with Gasteiger partial charge in [0.15, 0.2) is 0 Å². The molecule has 0 unspecified atom stereocenters. The van der Waals surface area contributed by atoms with Gasteiger partial charge < -0.3 is 10.0 Å². The van der Waals surface area contributed by atoms with Gasteiger partial charge in [0.25, 0.3) is 0 Å². The van der Waals surface area contributed by atoms with Crippen LogP contribution < -0.4 is 0 Å². The average molecular weight is 315 g/mol. The topological polar surface area (TPSA) is 84.1 Å². The van der Waals surface area contributed by atoms with Crippen molar-refractivity contribution in [2.45, 2.75) is 37.8 Å². The van der Waals surface area contributed by atoms with Gasteiger partial charge in [-0.2, -0.15) is 5.10 Å². The van der Waals surface area contributed by atoms with E-state index >= 15 is 0 Å². The first-order valence-electron chi connectivity index (χ1n) is 7.82. The highest BCUT2D eigenvalue weighted by Crippen LogP contribution is 2.23. The smallest absolute Gasteiger partial charge is 0.223 e. The number of aliphatic hydroxyl groups is 1. The summed E-state index contributed by atoms with van der Waals surface area (Å²) in [4.78, 5) is 22.3. The monoisotopic (exact) mass is 315 g/mol. The highest BCUT2D eigenvalue weighted by Gasteiger charge is 2.35. The molecular weight excluding hydrogens is 294 g/mol. The summed E-state index contributed by atoms with van der Waals surface area (Å²) >= 11 is 0. The number of hydrogen-bond donors (Lipinski definition) is 1. The summed E-state index contributed by atoms with van der Waals surface area (Å²) in [5.41, 5.74) is 1.98. The molecule has 122 valence electrons. The van der Waals surface area contributed by atoms with Crippen LogP contribution in [0, 0.1) is 0 Å². The number of likely N-dealkylation sites (tertiary alicyclic amines) is 1. The van der Waals surface area contributed by atoms with Crippen molar-refractivity contribution < 1.29 is 9.90 Å². The fraction of sp³-hybridized carbons (Fsp3) is 0.500. The largest absolute Gasteiger partial charge is 0.391 e. The highest BCUT2D eigenvalue weighted by atomic mass is 16.3. The number of carbonyl (C=O) groups excluding carboxylic acids is 1. The van der Waals surface area contributed by atoms with Crippen LogP contribution in [0.25, 0.3) is 0 Å². The number of hydrogen-bond acceptors (Lipinski definition) is 5. The highest BCUT2D eigenvalue weighted by molar-refractivity contribution is 5.77. The number of nitrogens with zero attached hydrogens (tertiary/aromatic N) is 5. The average Bonchev–Trinajstić information content (AvgIpc) is 3.13. The van der Waals surface area contributed by atoms with Crippen molar-refractivity contribution in [3.05, 3.63) is 42.2 Å². The molecule has 3 rings (SSSR count). The number of rotatable bonds is 5. The molecule has 2 aromatic heterocycles. The van der Waals surface area contributed by atoms with Gasteiger partial charge in [0.05, 0.1) is 18.3 Å². The van der Waals surface area contributed by atoms with Crippen LogP contribution >= 0.6 is 0 Å². The predicted octanol–water partition coefficient (Wildman–Crippen LogP) is 0.347. The molecule has 0 bridgehead atoms. The van der Waals surface area contributed by atoms with Gasteiger partial charge >= 0.3 is 0 Å². The van der Waals surface area contributed by atoms with Gasteiger partial charge in [0, 0.05) is 38.6 Å². The van der Waals surface area contributed by atoms with E-state index < -0.39 is 6.10 Å². The van der Waals surface area contributed by atoms with E-state index in [4.69, 9.17) is 0 Å². The van der Waals surface area contributed by atoms with Crippen LogP contribution in [0.5, 0.6) is 0 Å². The Morgan fingerprint density at radius 3 is 2.78 bits per heavy atom. The van der Waals surface area contributed by atoms with Gasteiger partial charge in [-0.15, -0.1) is 0 Å². The zero-order valence-electron chi connectivity index (χ0n) is 13.2. The normalized spacial score (nSPS) is 20.9. The molecule has 23 heavy (non-hydrogen) atoms. The van der Waals surface area contributed by atoms with Gasteiger partial charge in [-0.3, -0.25) is 9.48 Å². The van der Waals surface area contributed by atoms with Crippen molar-refractivity contribution in [3.8, 4) is 0 Å². The summed E-state index contributed by atoms with van der Waals surface area (Å²) in [6.45, 7) is 0.607. The van der Waals surface area contributed by atoms with Crippen LogP contribution in [0.3, 0.4) is 0 Å². The minimum Gasteiger partial charge on any atom is -0.391 e. The molecule has 2 aromatic rings. The third-order valence-electron chi connectivity index (χ3n) is 4.28. The minimum atomic E-state index is -0.473. The van der Waals surface area contributed by atoms with Gasteiger partial charge in [-0.05, 0) is 30.4 Å². The van der Waals surface area contributed by atoms with Crippen LogP contribution in [0.4, 0.5) is 0 Å². The molecule has 3 heterocycles. The van der Waals surface area contributed by atoms with E-state index in [2.05, 4.69) is 15.1 Å². The van der Waals surface area contributed by atoms with Crippen molar-refractivity contribution in [2.75, 3.05) is 6.54 Å². The molecule has 1 amide bonds. The molecule has 1 fully saturated rings. The summed E-state index contributed by atoms with van der Waals surface area (Å²) in [6, 6.07) is -0.168. The molecule has 2 atom stereocenters. The lowest BCUT2D eigenvalue weighted by Crippen LogP contribution is -2.41. The van der Waals surface area contributed by atoms with E-state index in [-0.39, 0.29) is 11.9 Å². The number of aromatic nitrogens is 4. The Bertz CT molecular complexity index is 658. The molecule has 0 aliphatic carbocycles. The maximum atomic E-state index is 12.5. The molecule has 7 nitrogen and oxygen atoms in total. The van der Waals surface area contributed by atoms with Gasteiger partial charge in [-0.25, -0.2) is 9.97 Å². The van der Waals surface area contributed by atoms with Crippen molar-refractivity contribution >= 4 is 5.91 Å². The summed E-state index contributed by atoms with van der Waals surface area (Å²) in [6.07, 6.45) is 10.5. The molecular formula is C16H21N5O2. The van der Waals surface area contributed by atoms with Crippen molar-refractivity contribution in [3.63, 3.8) is 0 Å². The lowest BCUT2D eigenvalue weighted by molar-refractivity contribution is -0.132. The summed E-state index contributed by atoms with van der Waals surface area (Å²) in [5.74, 6) is 0.0688. The minimum absolute atomic E-state index is 0.0688. The van der Waals surface area contributed by atoms with Crippen LogP contribution in [0.2, 0.25) is 0 Å². The fourth-order valence-electron chi connectivity index (χ4n) is 3.07. The molecule has 0 aromatic carbocycles. The number of carbonyl (C=O) groups is 1. The first kappa shape index (κ1) is 15.6. The second-order valence-corrected chi connectivity index (χ2v) is 5.98. The lowest BCUT2D eigenvalue weighted by atomic mass is 10.0. The van der Waals surface area contributed by atoms with Crippen molar-refractivity contribution in [1.82, 2.24) is 24.6 Å². The van der Waals surface area contributed by atoms with E-state index in [1.807, 2.05) is 18.1 Å². The van der Waals surface area contributed by atoms with Crippen LogP contribution in [-0.4, -0.2) is 54.4 Å². The van der Waals surface area contributed by atoms with Crippen molar-refractivity contribution in [1.29, 1.82) is 0 Å². The van der Waals surface area contributed by atoms with E-state index in [0.29, 0.717) is 32.2 Å². The van der Waals surface area contributed by atoms with Crippen LogP contribution in [-0.2, 0) is 24.7 Å². The van der Waals surface area contributed by atoms with Gasteiger partial charge in [-0.1, -0.05) is 0 Å². The lowest BCUT2D eigenvalue weighted by Gasteiger charge is -2.26. The Hall–Kier alpha value is -2.28. The maximum Gasteiger partial charge on any atom is 0.223 e. The zero-order chi connectivity index (χ0) is 16.2. The fourth-order valence-corrected chi connectivity index (χ4v) is 3.07. The molecule has 0 radical (unpaired) electrons. The predicted molar refractivity (Wildman–Crippen MR) is 83.4 cm³/mol. The van der Waals surface area contributed by atoms with E-state index in [9.17, 15) is 9.90 Å². The number of amides is 1. The van der Waals surface area contributed by atoms with E-state index in [1.54, 1.807) is 23.3 Å². The third-order valence-corrected chi connectivity index (χ3v) is 4.28. The summed E-state index contributed by atoms with van der Waals surface area (Å²) in [5, 5.41) is 14.4. The molecule has 0 saturated carbocycles. The molecule has 0 spiro atoms. The number of aliphatic hydroxyl groups excluding tert-OH is 1. The quantitative estimate of drug-likeness (QED) is 0.860. The second-order valence-electron chi connectivity index (χ2n) is 5.98. The second kappa shape index (κ2) is 6.87. The summed E-state index contributed by atoms with van der Waals surface area (Å²) in [7, 11) is 1.86. The Morgan fingerprint density at radius 1 is 1.30 bits per heavy atom. The molecule has 1 aliphatic heterocycles. The van der Waals surface area contributed by atoms with E-state index in [0.717, 1.165) is 11.1 Å². The van der Waals surface area contributed by atoms with E-state index in [1.165, 1.54) is 6.33 Å². The summed E-state index contributed by atoms with van der Waals surface area (Å²) < 4.78 is 1.73. The molecule has 1 aliphatic rings. The van der Waals surface area contributed by atoms with Crippen LogP contribution in [0.15, 0.2) is 31.1 Å². The molecule has 1 saturated heterocycles. The maximum absolute atomic E-state index is 12.5. The number of aryl methyl sites for hydroxylation is 2. The Balaban J connectivity index is 1.61. The first-order valence-corrected chi connectivity index (χ1v) is 7.82. The molecule has 7 heteroatoms. The Morgan fingerprint density at radius 2 is 2.09 bits per heavy atom. The third kappa shape index (κ3) is 3.73. The zero-order valence-corrected chi connectivity index (χ0v) is 13.2. The van der Waals surface area contributed by atoms with Crippen molar-refractivity contribution in [2.24, 2.45) is 7.05 Å². The van der Waals surface area contributed by atoms with Gasteiger partial charge in [0.2, 0.25) is 5.91 Å². The molecule has 1 N–H and O–H groups in total. The van der Waals surface area contributed by atoms with Crippen LogP contribution in [0.1, 0.15) is 24.0 Å². The van der Waals surface area contributed by atoms with Gasteiger partial charge in [0.1, 0.15) is 6.33 Å². The first-order chi connectivity index (χ1) is 11.1. The standard InChI is InChI=1S/C16H21N5O2/c1-20-10-13(9-19-20)6-14-15(22)4-5-21(14)16(23)3-2-12-7-17-11-18-8-12/h7-11,14-15,22H,2-6H2,1H3/t14-,15-/m0/s1.